The summed E-state index contributed by atoms with van der Waals surface area (Å²) < 4.78 is 16.8. The summed E-state index contributed by atoms with van der Waals surface area (Å²) >= 11 is 1.56. The average molecular weight is 539 g/mol. The molecule has 1 fully saturated rings. The van der Waals surface area contributed by atoms with E-state index in [9.17, 15) is 9.59 Å². The zero-order chi connectivity index (χ0) is 27.8. The number of aliphatic imine (C=N–C) groups is 1. The highest BCUT2D eigenvalue weighted by atomic mass is 32.2. The number of halogens is 1. The van der Waals surface area contributed by atoms with Crippen molar-refractivity contribution in [3.05, 3.63) is 48.2 Å². The molecule has 200 valence electrons. The first-order valence-electron chi connectivity index (χ1n) is 12.1. The predicted molar refractivity (Wildman–Crippen MR) is 149 cm³/mol. The van der Waals surface area contributed by atoms with Crippen LogP contribution in [0.5, 0.6) is 0 Å². The summed E-state index contributed by atoms with van der Waals surface area (Å²) in [6, 6.07) is 6.39. The first-order valence-corrected chi connectivity index (χ1v) is 13.0. The van der Waals surface area contributed by atoms with Crippen molar-refractivity contribution >= 4 is 41.6 Å². The highest BCUT2D eigenvalue weighted by molar-refractivity contribution is 7.98. The number of carbonyl (C=O) groups excluding carboxylic acids is 2. The van der Waals surface area contributed by atoms with Crippen molar-refractivity contribution in [1.82, 2.24) is 19.1 Å². The first-order chi connectivity index (χ1) is 17.9. The summed E-state index contributed by atoms with van der Waals surface area (Å²) in [6.45, 7) is 9.36. The molecule has 1 aromatic carbocycles. The van der Waals surface area contributed by atoms with Crippen molar-refractivity contribution in [3.8, 4) is 22.4 Å². The molecule has 4 N–H and O–H groups in total. The van der Waals surface area contributed by atoms with Crippen molar-refractivity contribution in [1.29, 1.82) is 5.41 Å². The van der Waals surface area contributed by atoms with Crippen LogP contribution in [0, 0.1) is 11.2 Å². The van der Waals surface area contributed by atoms with Crippen molar-refractivity contribution in [3.63, 3.8) is 0 Å². The molecule has 0 aliphatic carbocycles. The van der Waals surface area contributed by atoms with E-state index in [4.69, 9.17) is 11.1 Å². The van der Waals surface area contributed by atoms with Gasteiger partial charge in [-0.05, 0) is 50.1 Å². The van der Waals surface area contributed by atoms with Crippen LogP contribution in [-0.4, -0.2) is 66.9 Å². The Morgan fingerprint density at radius 2 is 2.03 bits per heavy atom. The quantitative estimate of drug-likeness (QED) is 0.310. The Morgan fingerprint density at radius 3 is 2.68 bits per heavy atom. The number of aromatic nitrogens is 3. The fraction of sp³-hybridized carbons (Fsp3) is 0.346. The second kappa shape index (κ2) is 10.4. The van der Waals surface area contributed by atoms with Crippen molar-refractivity contribution < 1.29 is 14.0 Å². The maximum Gasteiger partial charge on any atom is 0.252 e. The van der Waals surface area contributed by atoms with Crippen LogP contribution in [0.4, 0.5) is 10.1 Å². The number of rotatable bonds is 7. The maximum atomic E-state index is 15.1. The molecule has 3 heterocycles. The van der Waals surface area contributed by atoms with E-state index in [2.05, 4.69) is 28.9 Å². The van der Waals surface area contributed by atoms with Crippen LogP contribution >= 0.6 is 11.9 Å². The minimum Gasteiger partial charge on any atom is -0.382 e. The van der Waals surface area contributed by atoms with Crippen LogP contribution in [0.2, 0.25) is 0 Å². The van der Waals surface area contributed by atoms with E-state index in [1.54, 1.807) is 48.2 Å². The average Bonchev–Trinajstić information content (AvgIpc) is 3.48. The molecule has 2 amide bonds. The van der Waals surface area contributed by atoms with Gasteiger partial charge in [0.25, 0.3) is 5.91 Å². The van der Waals surface area contributed by atoms with Crippen LogP contribution in [0.25, 0.3) is 22.4 Å². The Labute approximate surface area is 224 Å². The topological polar surface area (TPSA) is 136 Å². The number of H-pyrrole nitrogens is 1. The van der Waals surface area contributed by atoms with E-state index in [1.165, 1.54) is 22.8 Å². The molecule has 0 saturated carbocycles. The molecular formula is C26H31FN8O2S. The van der Waals surface area contributed by atoms with E-state index in [1.807, 2.05) is 12.3 Å². The first kappa shape index (κ1) is 27.1. The zero-order valence-corrected chi connectivity index (χ0v) is 22.8. The van der Waals surface area contributed by atoms with Crippen LogP contribution in [0.1, 0.15) is 40.3 Å². The molecular weight excluding hydrogens is 507 g/mol. The second-order valence-corrected chi connectivity index (χ2v) is 11.3. The largest absolute Gasteiger partial charge is 0.382 e. The highest BCUT2D eigenvalue weighted by Gasteiger charge is 2.44. The van der Waals surface area contributed by atoms with E-state index in [0.29, 0.717) is 28.7 Å². The SMILES string of the molecule is CC(=O)N1CCN(c2cc(-c3cc(-c4cnn(SC(C)C)c4)c(C(N)=NC=N)[nH]3)ccc2F)C(=O)C1(C)C. The number of amides is 2. The fourth-order valence-electron chi connectivity index (χ4n) is 4.59. The van der Waals surface area contributed by atoms with Crippen LogP contribution in [0.3, 0.4) is 0 Å². The number of carbonyl (C=O) groups is 2. The summed E-state index contributed by atoms with van der Waals surface area (Å²) in [5, 5.41) is 12.1. The van der Waals surface area contributed by atoms with Gasteiger partial charge in [-0.15, -0.1) is 0 Å². The van der Waals surface area contributed by atoms with Crippen molar-refractivity contribution in [2.45, 2.75) is 45.4 Å². The third kappa shape index (κ3) is 5.08. The monoisotopic (exact) mass is 538 g/mol. The van der Waals surface area contributed by atoms with Gasteiger partial charge in [0.05, 0.1) is 17.6 Å². The van der Waals surface area contributed by atoms with Crippen LogP contribution < -0.4 is 10.6 Å². The number of benzene rings is 1. The van der Waals surface area contributed by atoms with Gasteiger partial charge in [0.1, 0.15) is 23.5 Å². The fourth-order valence-corrected chi connectivity index (χ4v) is 5.29. The normalized spacial score (nSPS) is 15.9. The van der Waals surface area contributed by atoms with E-state index < -0.39 is 11.4 Å². The zero-order valence-electron chi connectivity index (χ0n) is 21.9. The lowest BCUT2D eigenvalue weighted by Gasteiger charge is -2.45. The van der Waals surface area contributed by atoms with Crippen molar-refractivity contribution in [2.24, 2.45) is 10.7 Å². The molecule has 1 saturated heterocycles. The number of nitrogens with one attached hydrogen (secondary N) is 2. The van der Waals surface area contributed by atoms with Gasteiger partial charge in [0.15, 0.2) is 0 Å². The highest BCUT2D eigenvalue weighted by Crippen LogP contribution is 2.35. The summed E-state index contributed by atoms with van der Waals surface area (Å²) in [5.41, 5.74) is 8.45. The Bertz CT molecular complexity index is 1420. The molecule has 12 heteroatoms. The number of hydrogen-bond donors (Lipinski definition) is 3. The Kier molecular flexibility index (Phi) is 7.45. The third-order valence-corrected chi connectivity index (χ3v) is 7.22. The Morgan fingerprint density at radius 1 is 1.29 bits per heavy atom. The second-order valence-electron chi connectivity index (χ2n) is 9.75. The molecule has 2 aromatic heterocycles. The molecule has 0 spiro atoms. The third-order valence-electron chi connectivity index (χ3n) is 6.39. The predicted octanol–water partition coefficient (Wildman–Crippen LogP) is 3.88. The van der Waals surface area contributed by atoms with E-state index in [-0.39, 0.29) is 29.9 Å². The van der Waals surface area contributed by atoms with Crippen LogP contribution in [0.15, 0.2) is 41.7 Å². The van der Waals surface area contributed by atoms with Gasteiger partial charge in [-0.1, -0.05) is 13.8 Å². The smallest absolute Gasteiger partial charge is 0.252 e. The van der Waals surface area contributed by atoms with Gasteiger partial charge in [0.2, 0.25) is 5.91 Å². The number of nitrogens with two attached hydrogens (primary N) is 1. The molecule has 10 nitrogen and oxygen atoms in total. The lowest BCUT2D eigenvalue weighted by molar-refractivity contribution is -0.145. The number of aromatic amines is 1. The van der Waals surface area contributed by atoms with Gasteiger partial charge in [-0.25, -0.2) is 13.5 Å². The molecule has 1 aliphatic heterocycles. The lowest BCUT2D eigenvalue weighted by Crippen LogP contribution is -2.64. The number of amidine groups is 1. The minimum atomic E-state index is -1.11. The molecule has 0 radical (unpaired) electrons. The molecule has 0 bridgehead atoms. The van der Waals surface area contributed by atoms with Crippen LogP contribution in [-0.2, 0) is 9.59 Å². The summed E-state index contributed by atoms with van der Waals surface area (Å²) in [5.74, 6) is -0.994. The van der Waals surface area contributed by atoms with E-state index in [0.717, 1.165) is 17.5 Å². The number of hydrogen-bond acceptors (Lipinski definition) is 5. The molecule has 1 aliphatic rings. The standard InChI is InChI=1S/C26H31FN8O2S/c1-15(2)38-35-13-18(12-31-35)19-11-21(32-23(19)24(29)30-14-28)17-6-7-20(27)22(10-17)33-8-9-34(16(3)36)26(4,5)25(33)37/h6-7,10-15,32H,8-9H2,1-5H3,(H3,28,29,30). The molecule has 4 rings (SSSR count). The van der Waals surface area contributed by atoms with Crippen molar-refractivity contribution in [2.75, 3.05) is 18.0 Å². The molecule has 3 aromatic rings. The van der Waals surface area contributed by atoms with Gasteiger partial charge >= 0.3 is 0 Å². The van der Waals surface area contributed by atoms with E-state index >= 15 is 4.39 Å². The van der Waals surface area contributed by atoms with Gasteiger partial charge in [-0.2, -0.15) is 5.10 Å². The Hall–Kier alpha value is -3.93. The summed E-state index contributed by atoms with van der Waals surface area (Å²) in [4.78, 5) is 35.5. The molecule has 0 atom stereocenters. The number of nitrogens with zero attached hydrogens (tertiary/aromatic N) is 5. The molecule has 38 heavy (non-hydrogen) atoms. The van der Waals surface area contributed by atoms with Gasteiger partial charge in [-0.3, -0.25) is 15.0 Å². The number of anilines is 1. The van der Waals surface area contributed by atoms with Gasteiger partial charge < -0.3 is 20.5 Å². The summed E-state index contributed by atoms with van der Waals surface area (Å²) in [7, 11) is 0. The van der Waals surface area contributed by atoms with Gasteiger partial charge in [0, 0.05) is 53.8 Å². The Balaban J connectivity index is 1.76. The summed E-state index contributed by atoms with van der Waals surface area (Å²) in [6.07, 6.45) is 4.46. The minimum absolute atomic E-state index is 0.116. The maximum absolute atomic E-state index is 15.1. The molecule has 0 unspecified atom stereocenters. The number of piperazine rings is 1. The lowest BCUT2D eigenvalue weighted by atomic mass is 9.96.